The summed E-state index contributed by atoms with van der Waals surface area (Å²) in [6.45, 7) is 12.5. The smallest absolute Gasteiger partial charge is 0.407 e. The fraction of sp³-hybridized carbons (Fsp3) is 0.586. The summed E-state index contributed by atoms with van der Waals surface area (Å²) in [5.74, 6) is 0.537. The van der Waals surface area contributed by atoms with Crippen LogP contribution in [-0.4, -0.2) is 60.2 Å². The van der Waals surface area contributed by atoms with Gasteiger partial charge in [0.2, 0.25) is 0 Å². The van der Waals surface area contributed by atoms with Gasteiger partial charge >= 0.3 is 6.09 Å². The van der Waals surface area contributed by atoms with Gasteiger partial charge in [0.25, 0.3) is 15.9 Å². The van der Waals surface area contributed by atoms with Gasteiger partial charge < -0.3 is 20.3 Å². The van der Waals surface area contributed by atoms with Crippen molar-refractivity contribution in [3.8, 4) is 0 Å². The van der Waals surface area contributed by atoms with Crippen molar-refractivity contribution >= 4 is 33.7 Å². The van der Waals surface area contributed by atoms with E-state index >= 15 is 0 Å². The lowest BCUT2D eigenvalue weighted by molar-refractivity contribution is 0.0492. The number of aromatic nitrogens is 2. The Labute approximate surface area is 247 Å². The van der Waals surface area contributed by atoms with E-state index in [0.717, 1.165) is 38.6 Å². The third kappa shape index (κ3) is 7.87. The number of nitrogens with zero attached hydrogens (tertiary/aromatic N) is 3. The fourth-order valence-electron chi connectivity index (χ4n) is 5.69. The number of nitrogens with one attached hydrogen (secondary N) is 3. The number of carbonyl (C=O) groups is 2. The van der Waals surface area contributed by atoms with Crippen LogP contribution in [0.4, 0.5) is 16.4 Å². The van der Waals surface area contributed by atoms with Crippen molar-refractivity contribution in [2.45, 2.75) is 102 Å². The van der Waals surface area contributed by atoms with E-state index in [2.05, 4.69) is 51.0 Å². The maximum atomic E-state index is 13.3. The van der Waals surface area contributed by atoms with Crippen LogP contribution in [0, 0.1) is 5.92 Å². The van der Waals surface area contributed by atoms with Crippen LogP contribution < -0.4 is 20.3 Å². The van der Waals surface area contributed by atoms with Crippen molar-refractivity contribution in [3.05, 3.63) is 42.1 Å². The second kappa shape index (κ2) is 11.8. The molecule has 2 aromatic rings. The second-order valence-corrected chi connectivity index (χ2v) is 14.4. The summed E-state index contributed by atoms with van der Waals surface area (Å²) in [5.41, 5.74) is -0.568. The molecule has 0 bridgehead atoms. The van der Waals surface area contributed by atoms with Gasteiger partial charge in [0.1, 0.15) is 17.2 Å². The number of pyridine rings is 2. The van der Waals surface area contributed by atoms with E-state index in [1.54, 1.807) is 30.5 Å². The Morgan fingerprint density at radius 1 is 1.07 bits per heavy atom. The molecule has 4 rings (SSSR count). The first-order chi connectivity index (χ1) is 19.1. The van der Waals surface area contributed by atoms with Gasteiger partial charge in [0.15, 0.2) is 5.03 Å². The summed E-state index contributed by atoms with van der Waals surface area (Å²) in [6.07, 6.45) is 5.17. The molecule has 2 aliphatic rings. The van der Waals surface area contributed by atoms with Crippen molar-refractivity contribution in [2.75, 3.05) is 16.8 Å². The number of ether oxygens (including phenoxy) is 1. The second-order valence-electron chi connectivity index (χ2n) is 12.7. The van der Waals surface area contributed by atoms with Gasteiger partial charge in [-0.05, 0) is 96.9 Å². The topological polar surface area (TPSA) is 143 Å². The molecule has 1 atom stereocenters. The van der Waals surface area contributed by atoms with Crippen LogP contribution in [0.3, 0.4) is 0 Å². The molecule has 1 aliphatic heterocycles. The minimum atomic E-state index is -4.25. The summed E-state index contributed by atoms with van der Waals surface area (Å²) < 4.78 is 33.9. The molecule has 0 aromatic carbocycles. The molecule has 0 spiro atoms. The summed E-state index contributed by atoms with van der Waals surface area (Å²) in [7, 11) is -4.25. The lowest BCUT2D eigenvalue weighted by atomic mass is 9.91. The average Bonchev–Trinajstić information content (AvgIpc) is 3.15. The summed E-state index contributed by atoms with van der Waals surface area (Å²) in [6, 6.07) is 7.94. The number of alkyl carbamates (subject to hydrolysis) is 1. The molecule has 2 fully saturated rings. The Morgan fingerprint density at radius 3 is 2.39 bits per heavy atom. The molecule has 3 N–H and O–H groups in total. The van der Waals surface area contributed by atoms with E-state index in [4.69, 9.17) is 4.74 Å². The lowest BCUT2D eigenvalue weighted by Gasteiger charge is -2.33. The zero-order valence-electron chi connectivity index (χ0n) is 24.7. The number of rotatable bonds is 7. The van der Waals surface area contributed by atoms with E-state index in [1.165, 1.54) is 6.07 Å². The fourth-order valence-corrected chi connectivity index (χ4v) is 6.62. The third-order valence-electron chi connectivity index (χ3n) is 7.39. The van der Waals surface area contributed by atoms with Gasteiger partial charge in [0, 0.05) is 34.6 Å². The molecular weight excluding hydrogens is 544 g/mol. The Morgan fingerprint density at radius 2 is 1.76 bits per heavy atom. The molecule has 2 amide bonds. The van der Waals surface area contributed by atoms with Crippen molar-refractivity contribution in [1.82, 2.24) is 20.0 Å². The molecule has 1 unspecified atom stereocenters. The minimum Gasteiger partial charge on any atom is -0.444 e. The van der Waals surface area contributed by atoms with E-state index in [1.807, 2.05) is 20.8 Å². The zero-order valence-corrected chi connectivity index (χ0v) is 25.5. The number of hydrogen-bond acceptors (Lipinski definition) is 9. The Bertz CT molecular complexity index is 1380. The van der Waals surface area contributed by atoms with E-state index in [-0.39, 0.29) is 32.5 Å². The third-order valence-corrected chi connectivity index (χ3v) is 8.62. The SMILES string of the molecule is CC1CN(c2ncccc2C(=O)NS(=O)(=O)c2cccc(NC3CCC(NC(=O)OC(C)(C)C)CC3)n2)C(C)(C)C1.[HH].[HH].[HH]. The zero-order chi connectivity index (χ0) is 30.0. The highest BCUT2D eigenvalue weighted by Gasteiger charge is 2.39. The van der Waals surface area contributed by atoms with E-state index in [0.29, 0.717) is 17.6 Å². The highest BCUT2D eigenvalue weighted by atomic mass is 32.2. The quantitative estimate of drug-likeness (QED) is 0.395. The highest BCUT2D eigenvalue weighted by Crippen LogP contribution is 2.37. The van der Waals surface area contributed by atoms with Crippen LogP contribution in [0.1, 0.15) is 88.3 Å². The van der Waals surface area contributed by atoms with Gasteiger partial charge in [-0.15, -0.1) is 0 Å². The van der Waals surface area contributed by atoms with Crippen LogP contribution >= 0.6 is 0 Å². The first-order valence-electron chi connectivity index (χ1n) is 14.2. The standard InChI is InChI=1S/C29H42N6O5S.3H2/c1-19-17-29(5,6)35(18-19)25-22(9-8-16-30-25)26(36)34-41(38,39)24-11-7-10-23(33-24)31-20-12-14-21(15-13-20)32-27(37)40-28(2,3)4;;;/h7-11,16,19-21H,12-15,17-18H2,1-6H3,(H,31,33)(H,32,37)(H,34,36);3*1H. The molecule has 1 saturated heterocycles. The van der Waals surface area contributed by atoms with E-state index < -0.39 is 27.6 Å². The lowest BCUT2D eigenvalue weighted by Crippen LogP contribution is -2.42. The van der Waals surface area contributed by atoms with Gasteiger partial charge in [-0.1, -0.05) is 13.0 Å². The van der Waals surface area contributed by atoms with Crippen LogP contribution in [0.15, 0.2) is 41.6 Å². The Balaban J connectivity index is 0.00000323. The average molecular weight is 593 g/mol. The predicted molar refractivity (Wildman–Crippen MR) is 164 cm³/mol. The molecule has 12 heteroatoms. The Hall–Kier alpha value is -3.41. The summed E-state index contributed by atoms with van der Waals surface area (Å²) in [5, 5.41) is 5.97. The molecule has 1 saturated carbocycles. The van der Waals surface area contributed by atoms with Crippen molar-refractivity contribution in [1.29, 1.82) is 0 Å². The number of sulfonamides is 1. The predicted octanol–water partition coefficient (Wildman–Crippen LogP) is 5.21. The summed E-state index contributed by atoms with van der Waals surface area (Å²) >= 11 is 0. The molecule has 3 heterocycles. The maximum absolute atomic E-state index is 13.3. The monoisotopic (exact) mass is 592 g/mol. The summed E-state index contributed by atoms with van der Waals surface area (Å²) in [4.78, 5) is 36.1. The number of hydrogen-bond donors (Lipinski definition) is 3. The number of carbonyl (C=O) groups excluding carboxylic acids is 2. The maximum Gasteiger partial charge on any atom is 0.407 e. The van der Waals surface area contributed by atoms with Crippen molar-refractivity contribution in [2.24, 2.45) is 5.92 Å². The highest BCUT2D eigenvalue weighted by molar-refractivity contribution is 7.90. The largest absolute Gasteiger partial charge is 0.444 e. The van der Waals surface area contributed by atoms with Gasteiger partial charge in [-0.3, -0.25) is 4.79 Å². The Kier molecular flexibility index (Phi) is 8.81. The van der Waals surface area contributed by atoms with E-state index in [9.17, 15) is 18.0 Å². The van der Waals surface area contributed by atoms with Gasteiger partial charge in [0.05, 0.1) is 5.56 Å². The first-order valence-corrected chi connectivity index (χ1v) is 15.6. The molecule has 1 aliphatic carbocycles. The molecule has 41 heavy (non-hydrogen) atoms. The van der Waals surface area contributed by atoms with Crippen molar-refractivity contribution in [3.63, 3.8) is 0 Å². The normalized spacial score (nSPS) is 22.6. The minimum absolute atomic E-state index is 0. The molecule has 0 radical (unpaired) electrons. The number of anilines is 2. The molecule has 11 nitrogen and oxygen atoms in total. The van der Waals surface area contributed by atoms with Crippen molar-refractivity contribution < 1.29 is 27.0 Å². The van der Waals surface area contributed by atoms with Crippen LogP contribution in [0.25, 0.3) is 0 Å². The van der Waals surface area contributed by atoms with Crippen LogP contribution in [-0.2, 0) is 14.8 Å². The molecular formula is C29H48N6O5S. The first kappa shape index (κ1) is 30.5. The van der Waals surface area contributed by atoms with Crippen LogP contribution in [0.2, 0.25) is 0 Å². The molecule has 230 valence electrons. The molecule has 2 aromatic heterocycles. The van der Waals surface area contributed by atoms with Gasteiger partial charge in [-0.2, -0.15) is 8.42 Å². The van der Waals surface area contributed by atoms with Gasteiger partial charge in [-0.25, -0.2) is 19.5 Å². The number of amides is 2. The van der Waals surface area contributed by atoms with Crippen LogP contribution in [0.5, 0.6) is 0 Å².